The summed E-state index contributed by atoms with van der Waals surface area (Å²) in [6.07, 6.45) is 2.64. The molecule has 0 spiro atoms. The van der Waals surface area contributed by atoms with Gasteiger partial charge in [-0.05, 0) is 12.3 Å². The summed E-state index contributed by atoms with van der Waals surface area (Å²) >= 11 is 1.41. The largest absolute Gasteiger partial charge is 0.381 e. The molecule has 72 valence electrons. The van der Waals surface area contributed by atoms with Crippen LogP contribution < -0.4 is 5.32 Å². The monoisotopic (exact) mass is 199 g/mol. The molecule has 1 fully saturated rings. The van der Waals surface area contributed by atoms with Crippen molar-refractivity contribution in [3.8, 4) is 0 Å². The van der Waals surface area contributed by atoms with Gasteiger partial charge in [-0.1, -0.05) is 6.92 Å². The number of aromatic nitrogens is 2. The second kappa shape index (κ2) is 4.02. The maximum absolute atomic E-state index is 5.36. The summed E-state index contributed by atoms with van der Waals surface area (Å²) in [6, 6.07) is 0.488. The summed E-state index contributed by atoms with van der Waals surface area (Å²) in [5.41, 5.74) is 0. The average Bonchev–Trinajstić information content (AvgIpc) is 2.61. The summed E-state index contributed by atoms with van der Waals surface area (Å²) in [7, 11) is 0. The van der Waals surface area contributed by atoms with E-state index >= 15 is 0 Å². The average molecular weight is 199 g/mol. The fourth-order valence-corrected chi connectivity index (χ4v) is 1.98. The molecule has 2 heterocycles. The van der Waals surface area contributed by atoms with Crippen molar-refractivity contribution in [3.05, 3.63) is 6.33 Å². The molecule has 1 aromatic heterocycles. The van der Waals surface area contributed by atoms with Crippen molar-refractivity contribution in [2.75, 3.05) is 18.5 Å². The molecule has 0 radical (unpaired) electrons. The van der Waals surface area contributed by atoms with Crippen molar-refractivity contribution in [3.63, 3.8) is 0 Å². The minimum atomic E-state index is 0.488. The van der Waals surface area contributed by atoms with Gasteiger partial charge in [-0.15, -0.1) is 0 Å². The summed E-state index contributed by atoms with van der Waals surface area (Å²) < 4.78 is 9.31. The Balaban J connectivity index is 1.93. The highest BCUT2D eigenvalue weighted by atomic mass is 32.1. The molecule has 2 atom stereocenters. The first-order valence-corrected chi connectivity index (χ1v) is 5.24. The van der Waals surface area contributed by atoms with Gasteiger partial charge in [0.1, 0.15) is 6.33 Å². The van der Waals surface area contributed by atoms with Crippen molar-refractivity contribution in [1.82, 2.24) is 9.36 Å². The topological polar surface area (TPSA) is 47.0 Å². The molecular weight excluding hydrogens is 186 g/mol. The van der Waals surface area contributed by atoms with Gasteiger partial charge in [0.2, 0.25) is 5.13 Å². The highest BCUT2D eigenvalue weighted by Gasteiger charge is 2.22. The molecule has 13 heavy (non-hydrogen) atoms. The van der Waals surface area contributed by atoms with Crippen molar-refractivity contribution in [1.29, 1.82) is 0 Å². The molecule has 0 amide bonds. The fraction of sp³-hybridized carbons (Fsp3) is 0.750. The van der Waals surface area contributed by atoms with E-state index in [1.807, 2.05) is 0 Å². The predicted octanol–water partition coefficient (Wildman–Crippen LogP) is 1.37. The van der Waals surface area contributed by atoms with Crippen LogP contribution in [0.4, 0.5) is 5.13 Å². The second-order valence-electron chi connectivity index (χ2n) is 3.34. The molecule has 1 aliphatic rings. The maximum atomic E-state index is 5.36. The standard InChI is InChI=1S/C8H13N3OS/c1-6-4-12-3-2-7(6)11-8-9-5-10-13-8/h5-7H,2-4H2,1H3,(H,9,10,11). The summed E-state index contributed by atoms with van der Waals surface area (Å²) in [4.78, 5) is 4.10. The Morgan fingerprint density at radius 2 is 2.62 bits per heavy atom. The molecule has 5 heteroatoms. The highest BCUT2D eigenvalue weighted by molar-refractivity contribution is 7.09. The van der Waals surface area contributed by atoms with Crippen LogP contribution in [0, 0.1) is 5.92 Å². The van der Waals surface area contributed by atoms with Crippen LogP contribution in [0.15, 0.2) is 6.33 Å². The molecular formula is C8H13N3OS. The number of anilines is 1. The third kappa shape index (κ3) is 2.16. The Kier molecular flexibility index (Phi) is 2.75. The zero-order valence-corrected chi connectivity index (χ0v) is 8.38. The van der Waals surface area contributed by atoms with E-state index in [4.69, 9.17) is 4.74 Å². The molecule has 1 saturated heterocycles. The Morgan fingerprint density at radius 3 is 3.31 bits per heavy atom. The molecule has 2 rings (SSSR count). The van der Waals surface area contributed by atoms with Gasteiger partial charge in [-0.25, -0.2) is 4.98 Å². The van der Waals surface area contributed by atoms with Crippen LogP contribution in [-0.4, -0.2) is 28.6 Å². The van der Waals surface area contributed by atoms with Gasteiger partial charge in [0.05, 0.1) is 6.61 Å². The second-order valence-corrected chi connectivity index (χ2v) is 4.12. The Bertz CT molecular complexity index is 252. The van der Waals surface area contributed by atoms with Gasteiger partial charge in [-0.3, -0.25) is 0 Å². The normalized spacial score (nSPS) is 28.7. The SMILES string of the molecule is CC1COCCC1Nc1ncns1. The van der Waals surface area contributed by atoms with E-state index in [1.54, 1.807) is 6.33 Å². The summed E-state index contributed by atoms with van der Waals surface area (Å²) in [6.45, 7) is 3.88. The van der Waals surface area contributed by atoms with Crippen LogP contribution in [0.25, 0.3) is 0 Å². The lowest BCUT2D eigenvalue weighted by molar-refractivity contribution is 0.0537. The van der Waals surface area contributed by atoms with E-state index < -0.39 is 0 Å². The van der Waals surface area contributed by atoms with Gasteiger partial charge < -0.3 is 10.1 Å². The van der Waals surface area contributed by atoms with Crippen molar-refractivity contribution < 1.29 is 4.74 Å². The maximum Gasteiger partial charge on any atom is 0.202 e. The van der Waals surface area contributed by atoms with E-state index in [-0.39, 0.29) is 0 Å². The van der Waals surface area contributed by atoms with Crippen molar-refractivity contribution in [2.45, 2.75) is 19.4 Å². The van der Waals surface area contributed by atoms with Crippen molar-refractivity contribution >= 4 is 16.7 Å². The van der Waals surface area contributed by atoms with Gasteiger partial charge in [0.15, 0.2) is 0 Å². The van der Waals surface area contributed by atoms with Gasteiger partial charge in [-0.2, -0.15) is 4.37 Å². The van der Waals surface area contributed by atoms with Crippen LogP contribution in [0.3, 0.4) is 0 Å². The highest BCUT2D eigenvalue weighted by Crippen LogP contribution is 2.19. The minimum absolute atomic E-state index is 0.488. The zero-order valence-electron chi connectivity index (χ0n) is 7.56. The van der Waals surface area contributed by atoms with Gasteiger partial charge in [0, 0.05) is 24.2 Å². The van der Waals surface area contributed by atoms with E-state index in [9.17, 15) is 0 Å². The van der Waals surface area contributed by atoms with Gasteiger partial charge in [0.25, 0.3) is 0 Å². The van der Waals surface area contributed by atoms with E-state index in [0.717, 1.165) is 24.8 Å². The minimum Gasteiger partial charge on any atom is -0.381 e. The number of ether oxygens (including phenoxy) is 1. The Hall–Kier alpha value is -0.680. The van der Waals surface area contributed by atoms with E-state index in [1.165, 1.54) is 11.5 Å². The molecule has 1 N–H and O–H groups in total. The first kappa shape index (κ1) is 8.90. The first-order chi connectivity index (χ1) is 6.36. The van der Waals surface area contributed by atoms with Crippen molar-refractivity contribution in [2.24, 2.45) is 5.92 Å². The molecule has 1 aromatic rings. The Morgan fingerprint density at radius 1 is 1.69 bits per heavy atom. The fourth-order valence-electron chi connectivity index (χ4n) is 1.49. The Labute approximate surface area is 81.5 Å². The molecule has 0 saturated carbocycles. The molecule has 1 aliphatic heterocycles. The molecule has 0 bridgehead atoms. The predicted molar refractivity (Wildman–Crippen MR) is 51.9 cm³/mol. The molecule has 4 nitrogen and oxygen atoms in total. The molecule has 2 unspecified atom stereocenters. The van der Waals surface area contributed by atoms with Crippen LogP contribution in [0.1, 0.15) is 13.3 Å². The van der Waals surface area contributed by atoms with E-state index in [2.05, 4.69) is 21.6 Å². The molecule has 0 aliphatic carbocycles. The number of rotatable bonds is 2. The van der Waals surface area contributed by atoms with E-state index in [0.29, 0.717) is 12.0 Å². The number of hydrogen-bond donors (Lipinski definition) is 1. The third-order valence-electron chi connectivity index (χ3n) is 2.31. The molecule has 0 aromatic carbocycles. The number of nitrogens with zero attached hydrogens (tertiary/aromatic N) is 2. The lowest BCUT2D eigenvalue weighted by Gasteiger charge is -2.29. The zero-order chi connectivity index (χ0) is 9.10. The summed E-state index contributed by atoms with van der Waals surface area (Å²) in [5.74, 6) is 0.553. The lowest BCUT2D eigenvalue weighted by Crippen LogP contribution is -2.35. The first-order valence-electron chi connectivity index (χ1n) is 4.47. The summed E-state index contributed by atoms with van der Waals surface area (Å²) in [5, 5.41) is 4.29. The van der Waals surface area contributed by atoms with Crippen LogP contribution in [0.2, 0.25) is 0 Å². The smallest absolute Gasteiger partial charge is 0.202 e. The number of hydrogen-bond acceptors (Lipinski definition) is 5. The lowest BCUT2D eigenvalue weighted by atomic mass is 9.98. The number of nitrogens with one attached hydrogen (secondary N) is 1. The van der Waals surface area contributed by atoms with Crippen LogP contribution in [0.5, 0.6) is 0 Å². The van der Waals surface area contributed by atoms with Gasteiger partial charge >= 0.3 is 0 Å². The quantitative estimate of drug-likeness (QED) is 0.781. The van der Waals surface area contributed by atoms with Crippen LogP contribution >= 0.6 is 11.5 Å². The third-order valence-corrected chi connectivity index (χ3v) is 2.91. The van der Waals surface area contributed by atoms with Crippen LogP contribution in [-0.2, 0) is 4.74 Å².